The Morgan fingerprint density at radius 1 is 1.19 bits per heavy atom. The van der Waals surface area contributed by atoms with Crippen LogP contribution >= 0.6 is 0 Å². The third-order valence-electron chi connectivity index (χ3n) is 3.43. The number of furan rings is 1. The van der Waals surface area contributed by atoms with Gasteiger partial charge in [0.05, 0.1) is 0 Å². The van der Waals surface area contributed by atoms with Gasteiger partial charge in [-0.15, -0.1) is 0 Å². The molecule has 0 aliphatic carbocycles. The molecule has 1 aromatic heterocycles. The molecule has 5 nitrogen and oxygen atoms in total. The molecule has 1 heterocycles. The summed E-state index contributed by atoms with van der Waals surface area (Å²) in [5.74, 6) is 5.66. The molecule has 1 amide bonds. The molecule has 5 heteroatoms. The fraction of sp³-hybridized carbons (Fsp3) is 0.312. The summed E-state index contributed by atoms with van der Waals surface area (Å²) < 4.78 is 5.43. The first-order valence-electron chi connectivity index (χ1n) is 6.80. The molecule has 0 saturated heterocycles. The smallest absolute Gasteiger partial charge is 0.300 e. The van der Waals surface area contributed by atoms with Crippen molar-refractivity contribution in [2.24, 2.45) is 5.84 Å². The fourth-order valence-corrected chi connectivity index (χ4v) is 2.38. The molecule has 2 aromatic rings. The van der Waals surface area contributed by atoms with Crippen molar-refractivity contribution in [1.29, 1.82) is 0 Å². The van der Waals surface area contributed by atoms with Crippen LogP contribution in [0.4, 0.5) is 5.69 Å². The average molecular weight is 287 g/mol. The van der Waals surface area contributed by atoms with E-state index in [-0.39, 0.29) is 5.76 Å². The number of rotatable bonds is 4. The van der Waals surface area contributed by atoms with E-state index in [0.717, 1.165) is 17.0 Å². The molecule has 0 aliphatic heterocycles. The van der Waals surface area contributed by atoms with E-state index >= 15 is 0 Å². The summed E-state index contributed by atoms with van der Waals surface area (Å²) in [6, 6.07) is 8.15. The zero-order valence-corrected chi connectivity index (χ0v) is 12.9. The first-order valence-corrected chi connectivity index (χ1v) is 6.80. The van der Waals surface area contributed by atoms with Crippen molar-refractivity contribution < 1.29 is 9.21 Å². The summed E-state index contributed by atoms with van der Waals surface area (Å²) in [4.78, 5) is 13.6. The van der Waals surface area contributed by atoms with E-state index in [1.807, 2.05) is 14.0 Å². The zero-order valence-electron chi connectivity index (χ0n) is 12.9. The van der Waals surface area contributed by atoms with Crippen molar-refractivity contribution in [3.05, 3.63) is 52.5 Å². The number of hydrazine groups is 1. The van der Waals surface area contributed by atoms with Crippen molar-refractivity contribution in [2.75, 3.05) is 11.9 Å². The number of carbonyl (C=O) groups excluding carboxylic acids is 1. The molecule has 2 rings (SSSR count). The molecule has 0 unspecified atom stereocenters. The summed E-state index contributed by atoms with van der Waals surface area (Å²) in [6.07, 6.45) is 0. The van der Waals surface area contributed by atoms with E-state index in [1.54, 1.807) is 6.07 Å². The molecule has 3 N–H and O–H groups in total. The molecule has 0 atom stereocenters. The molecular formula is C16H21N3O2. The molecule has 0 bridgehead atoms. The van der Waals surface area contributed by atoms with Gasteiger partial charge in [0.2, 0.25) is 0 Å². The monoisotopic (exact) mass is 287 g/mol. The maximum Gasteiger partial charge on any atom is 0.300 e. The van der Waals surface area contributed by atoms with Crippen LogP contribution in [0.3, 0.4) is 0 Å². The number of nitrogen functional groups attached to an aromatic ring is 1. The number of nitrogens with one attached hydrogen (secondary N) is 1. The lowest BCUT2D eigenvalue weighted by molar-refractivity contribution is 0.0924. The van der Waals surface area contributed by atoms with Gasteiger partial charge in [0, 0.05) is 24.8 Å². The highest BCUT2D eigenvalue weighted by Gasteiger charge is 2.15. The molecule has 0 fully saturated rings. The van der Waals surface area contributed by atoms with Crippen LogP contribution in [0, 0.1) is 20.8 Å². The van der Waals surface area contributed by atoms with Gasteiger partial charge in [-0.05, 0) is 50.1 Å². The first kappa shape index (κ1) is 15.1. The Labute approximate surface area is 124 Å². The topological polar surface area (TPSA) is 71.5 Å². The zero-order chi connectivity index (χ0) is 15.6. The van der Waals surface area contributed by atoms with Gasteiger partial charge in [0.1, 0.15) is 5.76 Å². The molecule has 21 heavy (non-hydrogen) atoms. The molecule has 0 spiro atoms. The van der Waals surface area contributed by atoms with Crippen LogP contribution in [0.5, 0.6) is 0 Å². The third kappa shape index (κ3) is 3.44. The van der Waals surface area contributed by atoms with Crippen molar-refractivity contribution >= 4 is 11.6 Å². The van der Waals surface area contributed by atoms with Crippen molar-refractivity contribution in [1.82, 2.24) is 5.43 Å². The average Bonchev–Trinajstić information content (AvgIpc) is 2.78. The summed E-state index contributed by atoms with van der Waals surface area (Å²) >= 11 is 0. The van der Waals surface area contributed by atoms with Gasteiger partial charge in [-0.1, -0.05) is 6.07 Å². The van der Waals surface area contributed by atoms with Crippen LogP contribution in [0.1, 0.15) is 33.0 Å². The minimum absolute atomic E-state index is 0.235. The second kappa shape index (κ2) is 6.01. The Morgan fingerprint density at radius 3 is 2.38 bits per heavy atom. The van der Waals surface area contributed by atoms with E-state index in [1.165, 1.54) is 11.1 Å². The molecule has 0 aliphatic rings. The molecule has 0 saturated carbocycles. The largest absolute Gasteiger partial charge is 0.456 e. The highest BCUT2D eigenvalue weighted by Crippen LogP contribution is 2.22. The van der Waals surface area contributed by atoms with Crippen LogP contribution in [-0.2, 0) is 6.54 Å². The summed E-state index contributed by atoms with van der Waals surface area (Å²) in [7, 11) is 2.02. The molecule has 0 radical (unpaired) electrons. The summed E-state index contributed by atoms with van der Waals surface area (Å²) in [6.45, 7) is 6.67. The van der Waals surface area contributed by atoms with E-state index in [9.17, 15) is 4.79 Å². The van der Waals surface area contributed by atoms with E-state index in [4.69, 9.17) is 10.3 Å². The fourth-order valence-electron chi connectivity index (χ4n) is 2.38. The number of nitrogens with two attached hydrogens (primary N) is 1. The van der Waals surface area contributed by atoms with Gasteiger partial charge >= 0.3 is 5.91 Å². The van der Waals surface area contributed by atoms with Gasteiger partial charge in [-0.2, -0.15) is 0 Å². The number of carbonyl (C=O) groups is 1. The Morgan fingerprint density at radius 2 is 1.81 bits per heavy atom. The van der Waals surface area contributed by atoms with Crippen molar-refractivity contribution in [3.8, 4) is 0 Å². The molecular weight excluding hydrogens is 266 g/mol. The SMILES string of the molecule is Cc1cc(C)cc(N(C)Cc2cc(C(=O)NN)oc2C)c1. The number of hydrogen-bond acceptors (Lipinski definition) is 4. The Balaban J connectivity index is 2.21. The van der Waals surface area contributed by atoms with Gasteiger partial charge in [0.25, 0.3) is 0 Å². The lowest BCUT2D eigenvalue weighted by Crippen LogP contribution is -2.29. The van der Waals surface area contributed by atoms with Gasteiger partial charge in [-0.25, -0.2) is 5.84 Å². The minimum atomic E-state index is -0.418. The molecule has 112 valence electrons. The first-order chi connectivity index (χ1) is 9.90. The van der Waals surface area contributed by atoms with Crippen LogP contribution in [-0.4, -0.2) is 13.0 Å². The van der Waals surface area contributed by atoms with Crippen LogP contribution in [0.25, 0.3) is 0 Å². The van der Waals surface area contributed by atoms with Crippen molar-refractivity contribution in [3.63, 3.8) is 0 Å². The second-order valence-electron chi connectivity index (χ2n) is 5.37. The highest BCUT2D eigenvalue weighted by molar-refractivity contribution is 5.91. The Bertz CT molecular complexity index is 641. The van der Waals surface area contributed by atoms with Crippen molar-refractivity contribution in [2.45, 2.75) is 27.3 Å². The van der Waals surface area contributed by atoms with E-state index in [0.29, 0.717) is 6.54 Å². The van der Waals surface area contributed by atoms with E-state index < -0.39 is 5.91 Å². The quantitative estimate of drug-likeness (QED) is 0.515. The predicted octanol–water partition coefficient (Wildman–Crippen LogP) is 2.44. The normalized spacial score (nSPS) is 10.5. The number of benzene rings is 1. The highest BCUT2D eigenvalue weighted by atomic mass is 16.4. The number of nitrogens with zero attached hydrogens (tertiary/aromatic N) is 1. The van der Waals surface area contributed by atoms with Crippen LogP contribution < -0.4 is 16.2 Å². The Hall–Kier alpha value is -2.27. The lowest BCUT2D eigenvalue weighted by atomic mass is 10.1. The summed E-state index contributed by atoms with van der Waals surface area (Å²) in [5.41, 5.74) is 6.63. The maximum absolute atomic E-state index is 11.5. The third-order valence-corrected chi connectivity index (χ3v) is 3.43. The Kier molecular flexibility index (Phi) is 4.33. The van der Waals surface area contributed by atoms with Gasteiger partial charge in [-0.3, -0.25) is 10.2 Å². The van der Waals surface area contributed by atoms with Crippen LogP contribution in [0.15, 0.2) is 28.7 Å². The number of hydrogen-bond donors (Lipinski definition) is 2. The van der Waals surface area contributed by atoms with Crippen LogP contribution in [0.2, 0.25) is 0 Å². The lowest BCUT2D eigenvalue weighted by Gasteiger charge is -2.20. The number of amides is 1. The standard InChI is InChI=1S/C16H21N3O2/c1-10-5-11(2)7-14(6-10)19(4)9-13-8-15(16(20)18-17)21-12(13)3/h5-8H,9,17H2,1-4H3,(H,18,20). The summed E-state index contributed by atoms with van der Waals surface area (Å²) in [5, 5.41) is 0. The predicted molar refractivity (Wildman–Crippen MR) is 83.1 cm³/mol. The number of aryl methyl sites for hydroxylation is 3. The maximum atomic E-state index is 11.5. The number of anilines is 1. The minimum Gasteiger partial charge on any atom is -0.456 e. The van der Waals surface area contributed by atoms with Gasteiger partial charge in [0.15, 0.2) is 5.76 Å². The van der Waals surface area contributed by atoms with E-state index in [2.05, 4.69) is 42.4 Å². The molecule has 1 aromatic carbocycles. The van der Waals surface area contributed by atoms with Gasteiger partial charge < -0.3 is 9.32 Å². The second-order valence-corrected chi connectivity index (χ2v) is 5.37.